The molecule has 0 aliphatic heterocycles. The quantitative estimate of drug-likeness (QED) is 0.894. The van der Waals surface area contributed by atoms with Crippen molar-refractivity contribution in [2.75, 3.05) is 5.75 Å². The largest absolute Gasteiger partial charge is 0.478 e. The Morgan fingerprint density at radius 2 is 2.00 bits per heavy atom. The monoisotopic (exact) mass is 278 g/mol. The molecule has 1 aromatic carbocycles. The number of alkyl halides is 2. The van der Waals surface area contributed by atoms with Crippen LogP contribution in [-0.2, 0) is 16.3 Å². The van der Waals surface area contributed by atoms with Crippen molar-refractivity contribution in [1.29, 1.82) is 0 Å². The second kappa shape index (κ2) is 5.43. The molecular formula is C11H12F2O4S. The number of hydrogen-bond acceptors (Lipinski definition) is 3. The molecule has 0 aromatic heterocycles. The van der Waals surface area contributed by atoms with Gasteiger partial charge in [0.15, 0.2) is 9.84 Å². The van der Waals surface area contributed by atoms with Gasteiger partial charge in [0.25, 0.3) is 6.43 Å². The average molecular weight is 278 g/mol. The highest BCUT2D eigenvalue weighted by atomic mass is 32.2. The lowest BCUT2D eigenvalue weighted by atomic mass is 10.1. The number of rotatable bonds is 5. The lowest BCUT2D eigenvalue weighted by Gasteiger charge is -2.09. The van der Waals surface area contributed by atoms with Crippen LogP contribution in [0.5, 0.6) is 0 Å². The van der Waals surface area contributed by atoms with E-state index in [0.29, 0.717) is 12.0 Å². The van der Waals surface area contributed by atoms with E-state index in [4.69, 9.17) is 5.11 Å². The number of hydrogen-bond donors (Lipinski definition) is 1. The Kier molecular flexibility index (Phi) is 4.39. The predicted octanol–water partition coefficient (Wildman–Crippen LogP) is 1.99. The Hall–Kier alpha value is -1.50. The molecule has 4 nitrogen and oxygen atoms in total. The van der Waals surface area contributed by atoms with Crippen LogP contribution in [0.1, 0.15) is 22.8 Å². The van der Waals surface area contributed by atoms with Gasteiger partial charge >= 0.3 is 5.97 Å². The van der Waals surface area contributed by atoms with Crippen molar-refractivity contribution in [3.63, 3.8) is 0 Å². The normalized spacial score (nSPS) is 11.8. The summed E-state index contributed by atoms with van der Waals surface area (Å²) in [6, 6.07) is 3.52. The van der Waals surface area contributed by atoms with Gasteiger partial charge in [-0.1, -0.05) is 13.0 Å². The summed E-state index contributed by atoms with van der Waals surface area (Å²) < 4.78 is 47.9. The summed E-state index contributed by atoms with van der Waals surface area (Å²) >= 11 is 0. The van der Waals surface area contributed by atoms with Gasteiger partial charge in [-0.05, 0) is 24.1 Å². The van der Waals surface area contributed by atoms with Crippen LogP contribution in [0.4, 0.5) is 8.78 Å². The standard InChI is InChI=1S/C11H12F2O4S/c1-2-7-3-4-8(11(14)15)5-9(7)18(16,17)6-10(12)13/h3-5,10H,2,6H2,1H3,(H,14,15). The van der Waals surface area contributed by atoms with Gasteiger partial charge in [-0.3, -0.25) is 0 Å². The van der Waals surface area contributed by atoms with Gasteiger partial charge in [-0.15, -0.1) is 0 Å². The van der Waals surface area contributed by atoms with Gasteiger partial charge in [0.1, 0.15) is 5.75 Å². The van der Waals surface area contributed by atoms with E-state index in [1.54, 1.807) is 6.92 Å². The number of aromatic carboxylic acids is 1. The van der Waals surface area contributed by atoms with Crippen LogP contribution in [0.25, 0.3) is 0 Å². The SMILES string of the molecule is CCc1ccc(C(=O)O)cc1S(=O)(=O)CC(F)F. The summed E-state index contributed by atoms with van der Waals surface area (Å²) in [5, 5.41) is 8.78. The summed E-state index contributed by atoms with van der Waals surface area (Å²) in [4.78, 5) is 10.4. The molecule has 0 heterocycles. The Labute approximate surface area is 103 Å². The predicted molar refractivity (Wildman–Crippen MR) is 60.8 cm³/mol. The maximum atomic E-state index is 12.2. The molecule has 100 valence electrons. The van der Waals surface area contributed by atoms with Crippen LogP contribution < -0.4 is 0 Å². The van der Waals surface area contributed by atoms with Gasteiger partial charge in [0.05, 0.1) is 10.5 Å². The minimum absolute atomic E-state index is 0.236. The smallest absolute Gasteiger partial charge is 0.335 e. The number of sulfone groups is 1. The van der Waals surface area contributed by atoms with Gasteiger partial charge in [0.2, 0.25) is 0 Å². The topological polar surface area (TPSA) is 71.4 Å². The molecule has 0 amide bonds. The van der Waals surface area contributed by atoms with Crippen LogP contribution >= 0.6 is 0 Å². The van der Waals surface area contributed by atoms with Crippen molar-refractivity contribution in [2.24, 2.45) is 0 Å². The molecule has 0 fully saturated rings. The maximum absolute atomic E-state index is 12.2. The zero-order valence-electron chi connectivity index (χ0n) is 9.56. The Balaban J connectivity index is 3.36. The van der Waals surface area contributed by atoms with Crippen molar-refractivity contribution in [2.45, 2.75) is 24.7 Å². The zero-order chi connectivity index (χ0) is 13.9. The summed E-state index contributed by atoms with van der Waals surface area (Å²) in [5.41, 5.74) is 0.0979. The highest BCUT2D eigenvalue weighted by molar-refractivity contribution is 7.91. The second-order valence-electron chi connectivity index (χ2n) is 3.65. The average Bonchev–Trinajstić information content (AvgIpc) is 2.26. The molecule has 18 heavy (non-hydrogen) atoms. The van der Waals surface area contributed by atoms with Crippen molar-refractivity contribution in [1.82, 2.24) is 0 Å². The third kappa shape index (κ3) is 3.25. The van der Waals surface area contributed by atoms with Crippen molar-refractivity contribution < 1.29 is 27.1 Å². The fourth-order valence-corrected chi connectivity index (χ4v) is 2.95. The van der Waals surface area contributed by atoms with Crippen LogP contribution in [0.3, 0.4) is 0 Å². The minimum Gasteiger partial charge on any atom is -0.478 e. The molecular weight excluding hydrogens is 266 g/mol. The molecule has 7 heteroatoms. The zero-order valence-corrected chi connectivity index (χ0v) is 10.4. The van der Waals surface area contributed by atoms with E-state index in [1.807, 2.05) is 0 Å². The first kappa shape index (κ1) is 14.6. The van der Waals surface area contributed by atoms with Crippen LogP contribution in [0.15, 0.2) is 23.1 Å². The first-order chi connectivity index (χ1) is 8.27. The summed E-state index contributed by atoms with van der Waals surface area (Å²) in [6.45, 7) is 1.66. The fourth-order valence-electron chi connectivity index (χ4n) is 1.52. The first-order valence-corrected chi connectivity index (χ1v) is 6.80. The number of aryl methyl sites for hydroxylation is 1. The maximum Gasteiger partial charge on any atom is 0.335 e. The van der Waals surface area contributed by atoms with Gasteiger partial charge in [-0.25, -0.2) is 22.0 Å². The number of halogens is 2. The summed E-state index contributed by atoms with van der Waals surface area (Å²) in [5.74, 6) is -2.60. The number of benzene rings is 1. The minimum atomic E-state index is -4.17. The third-order valence-electron chi connectivity index (χ3n) is 2.38. The van der Waals surface area contributed by atoms with E-state index >= 15 is 0 Å². The van der Waals surface area contributed by atoms with Gasteiger partial charge < -0.3 is 5.11 Å². The molecule has 1 N–H and O–H groups in total. The molecule has 0 spiro atoms. The molecule has 0 atom stereocenters. The van der Waals surface area contributed by atoms with Crippen LogP contribution in [-0.4, -0.2) is 31.7 Å². The molecule has 1 aromatic rings. The molecule has 1 rings (SSSR count). The molecule has 0 saturated carbocycles. The van der Waals surface area contributed by atoms with E-state index in [0.717, 1.165) is 6.07 Å². The van der Waals surface area contributed by atoms with Crippen molar-refractivity contribution >= 4 is 15.8 Å². The molecule has 0 unspecified atom stereocenters. The molecule has 0 bridgehead atoms. The first-order valence-electron chi connectivity index (χ1n) is 5.15. The number of carbonyl (C=O) groups is 1. The Morgan fingerprint density at radius 1 is 1.39 bits per heavy atom. The summed E-state index contributed by atoms with van der Waals surface area (Å²) in [6.07, 6.45) is -2.68. The molecule has 0 aliphatic carbocycles. The molecule has 0 radical (unpaired) electrons. The van der Waals surface area contributed by atoms with Crippen LogP contribution in [0, 0.1) is 0 Å². The highest BCUT2D eigenvalue weighted by Gasteiger charge is 2.24. The molecule has 0 saturated heterocycles. The van der Waals surface area contributed by atoms with E-state index < -0.39 is 28.0 Å². The van der Waals surface area contributed by atoms with E-state index in [2.05, 4.69) is 0 Å². The summed E-state index contributed by atoms with van der Waals surface area (Å²) in [7, 11) is -4.17. The van der Waals surface area contributed by atoms with Crippen molar-refractivity contribution in [3.05, 3.63) is 29.3 Å². The number of carboxylic acids is 1. The van der Waals surface area contributed by atoms with E-state index in [1.165, 1.54) is 12.1 Å². The molecule has 0 aliphatic rings. The Morgan fingerprint density at radius 3 is 2.44 bits per heavy atom. The lowest BCUT2D eigenvalue weighted by Crippen LogP contribution is -2.16. The second-order valence-corrected chi connectivity index (χ2v) is 5.66. The number of carboxylic acid groups (broad SMARTS) is 1. The van der Waals surface area contributed by atoms with E-state index in [9.17, 15) is 22.0 Å². The van der Waals surface area contributed by atoms with Gasteiger partial charge in [-0.2, -0.15) is 0 Å². The lowest BCUT2D eigenvalue weighted by molar-refractivity contribution is 0.0696. The van der Waals surface area contributed by atoms with E-state index in [-0.39, 0.29) is 10.5 Å². The highest BCUT2D eigenvalue weighted by Crippen LogP contribution is 2.21. The van der Waals surface area contributed by atoms with Crippen molar-refractivity contribution in [3.8, 4) is 0 Å². The van der Waals surface area contributed by atoms with Crippen LogP contribution in [0.2, 0.25) is 0 Å². The van der Waals surface area contributed by atoms with Gasteiger partial charge in [0, 0.05) is 0 Å². The third-order valence-corrected chi connectivity index (χ3v) is 4.12. The Bertz CT molecular complexity index is 552. The fraction of sp³-hybridized carbons (Fsp3) is 0.364.